The average Bonchev–Trinajstić information content (AvgIpc) is 2.74. The quantitative estimate of drug-likeness (QED) is 0.373. The number of hydrogen-bond acceptors (Lipinski definition) is 8. The van der Waals surface area contributed by atoms with Crippen molar-refractivity contribution in [2.45, 2.75) is 56.5 Å². The second kappa shape index (κ2) is 10.4. The minimum atomic E-state index is -1.38. The molecule has 3 N–H and O–H groups in total. The molecule has 2 heterocycles. The number of β-lactam (4-membered cyclic amide) rings is 1. The first kappa shape index (κ1) is 26.1. The van der Waals surface area contributed by atoms with E-state index < -0.39 is 52.9 Å². The number of benzene rings is 1. The third-order valence-electron chi connectivity index (χ3n) is 5.02. The zero-order valence-electron chi connectivity index (χ0n) is 19.7. The number of amides is 3. The number of fused-ring (bicyclic) bond motifs is 1. The maximum Gasteiger partial charge on any atom is 0.408 e. The first-order valence-corrected chi connectivity index (χ1v) is 11.7. The van der Waals surface area contributed by atoms with E-state index in [1.54, 1.807) is 51.1 Å². The van der Waals surface area contributed by atoms with E-state index in [0.717, 1.165) is 16.7 Å². The minimum Gasteiger partial charge on any atom is -0.477 e. The third-order valence-corrected chi connectivity index (χ3v) is 6.39. The smallest absolute Gasteiger partial charge is 0.408 e. The Morgan fingerprint density at radius 2 is 1.86 bits per heavy atom. The molecular weight excluding hydrogens is 478 g/mol. The van der Waals surface area contributed by atoms with Gasteiger partial charge in [0.2, 0.25) is 11.8 Å². The van der Waals surface area contributed by atoms with Crippen molar-refractivity contribution in [2.24, 2.45) is 0 Å². The van der Waals surface area contributed by atoms with Gasteiger partial charge in [-0.2, -0.15) is 0 Å². The van der Waals surface area contributed by atoms with Gasteiger partial charge in [0.25, 0.3) is 0 Å². The lowest BCUT2D eigenvalue weighted by molar-refractivity contribution is -0.146. The average molecular weight is 506 g/mol. The molecule has 0 aliphatic carbocycles. The molecule has 12 heteroatoms. The Kier molecular flexibility index (Phi) is 7.73. The Morgan fingerprint density at radius 1 is 1.20 bits per heavy atom. The summed E-state index contributed by atoms with van der Waals surface area (Å²) in [6.07, 6.45) is -0.706. The number of thioether (sulfide) groups is 1. The molecule has 2 aliphatic rings. The molecule has 3 atom stereocenters. The molecule has 2 unspecified atom stereocenters. The first-order valence-electron chi connectivity index (χ1n) is 10.8. The molecule has 1 aromatic rings. The summed E-state index contributed by atoms with van der Waals surface area (Å²) >= 11 is 1.15. The molecule has 3 amide bonds. The highest BCUT2D eigenvalue weighted by atomic mass is 32.2. The highest BCUT2D eigenvalue weighted by molar-refractivity contribution is 8.00. The van der Waals surface area contributed by atoms with Crippen LogP contribution >= 0.6 is 11.8 Å². The zero-order chi connectivity index (χ0) is 25.9. The van der Waals surface area contributed by atoms with E-state index in [4.69, 9.17) is 9.47 Å². The molecule has 1 aromatic carbocycles. The molecule has 0 spiro atoms. The summed E-state index contributed by atoms with van der Waals surface area (Å²) in [4.78, 5) is 62.5. The van der Waals surface area contributed by atoms with Crippen molar-refractivity contribution >= 4 is 41.6 Å². The van der Waals surface area contributed by atoms with Crippen molar-refractivity contribution < 1.29 is 38.6 Å². The van der Waals surface area contributed by atoms with Crippen LogP contribution in [-0.4, -0.2) is 62.8 Å². The van der Waals surface area contributed by atoms with E-state index in [9.17, 15) is 29.1 Å². The van der Waals surface area contributed by atoms with Gasteiger partial charge in [0.15, 0.2) is 0 Å². The largest absolute Gasteiger partial charge is 0.477 e. The summed E-state index contributed by atoms with van der Waals surface area (Å²) in [7, 11) is 0. The maximum absolute atomic E-state index is 13.4. The number of rotatable bonds is 7. The van der Waals surface area contributed by atoms with Gasteiger partial charge in [0.1, 0.15) is 29.3 Å². The highest BCUT2D eigenvalue weighted by Gasteiger charge is 2.49. The lowest BCUT2D eigenvalue weighted by Crippen LogP contribution is -2.58. The topological polar surface area (TPSA) is 151 Å². The third kappa shape index (κ3) is 6.32. The number of carbonyl (C=O) groups excluding carboxylic acids is 4. The molecule has 188 valence electrons. The van der Waals surface area contributed by atoms with Crippen LogP contribution in [0.1, 0.15) is 45.7 Å². The highest BCUT2D eigenvalue weighted by Crippen LogP contribution is 2.43. The number of hydrogen-bond donors (Lipinski definition) is 3. The van der Waals surface area contributed by atoms with Gasteiger partial charge in [-0.15, -0.1) is 11.8 Å². The number of esters is 1. The van der Waals surface area contributed by atoms with Crippen molar-refractivity contribution in [3.8, 4) is 0 Å². The fourth-order valence-corrected chi connectivity index (χ4v) is 4.98. The Labute approximate surface area is 206 Å². The van der Waals surface area contributed by atoms with E-state index in [-0.39, 0.29) is 23.6 Å². The van der Waals surface area contributed by atoms with Crippen LogP contribution in [0.15, 0.2) is 41.6 Å². The molecule has 0 aromatic heterocycles. The van der Waals surface area contributed by atoms with Crippen molar-refractivity contribution in [3.63, 3.8) is 0 Å². The lowest BCUT2D eigenvalue weighted by Gasteiger charge is -2.46. The molecule has 0 bridgehead atoms. The van der Waals surface area contributed by atoms with Crippen molar-refractivity contribution in [1.29, 1.82) is 0 Å². The standard InChI is InChI=1S/C23H27N3O8S/c1-12(27)33-11-14-18(21(30)31)26-15(28)10-16(26)35-20(14)25-19(29)17(13-8-6-5-7-9-13)24-22(32)34-23(2,3)4/h5-9,16-17,20H,10-11H2,1-4H3,(H,24,32)(H,25,29)(H,30,31)/t16-,17?,20?/m1/s1. The van der Waals surface area contributed by atoms with Gasteiger partial charge >= 0.3 is 18.0 Å². The molecule has 2 aliphatic heterocycles. The SMILES string of the molecule is CC(=O)OCC1=C(C(=O)O)N2C(=O)C[C@H]2SC1NC(=O)C(NC(=O)OC(C)(C)C)c1ccccc1. The van der Waals surface area contributed by atoms with Crippen LogP contribution in [-0.2, 0) is 28.7 Å². The number of nitrogens with one attached hydrogen (secondary N) is 2. The number of aliphatic carboxylic acids is 1. The van der Waals surface area contributed by atoms with E-state index in [1.165, 1.54) is 6.92 Å². The van der Waals surface area contributed by atoms with E-state index in [0.29, 0.717) is 5.56 Å². The summed E-state index contributed by atoms with van der Waals surface area (Å²) in [5, 5.41) is 13.7. The van der Waals surface area contributed by atoms with Crippen LogP contribution in [0.4, 0.5) is 4.79 Å². The van der Waals surface area contributed by atoms with Crippen molar-refractivity contribution in [2.75, 3.05) is 6.61 Å². The van der Waals surface area contributed by atoms with Crippen molar-refractivity contribution in [1.82, 2.24) is 15.5 Å². The molecular formula is C23H27N3O8S. The second-order valence-corrected chi connectivity index (χ2v) is 10.2. The van der Waals surface area contributed by atoms with Crippen LogP contribution in [0.5, 0.6) is 0 Å². The summed E-state index contributed by atoms with van der Waals surface area (Å²) in [5.74, 6) is -3.04. The number of ether oxygens (including phenoxy) is 2. The molecule has 1 fully saturated rings. The monoisotopic (exact) mass is 505 g/mol. The molecule has 11 nitrogen and oxygen atoms in total. The Balaban J connectivity index is 1.91. The van der Waals surface area contributed by atoms with Gasteiger partial charge in [0, 0.05) is 12.5 Å². The van der Waals surface area contributed by atoms with Gasteiger partial charge < -0.3 is 25.2 Å². The molecule has 0 saturated carbocycles. The maximum atomic E-state index is 13.4. The number of alkyl carbamates (subject to hydrolysis) is 1. The second-order valence-electron chi connectivity index (χ2n) is 8.90. The Morgan fingerprint density at radius 3 is 2.40 bits per heavy atom. The molecule has 3 rings (SSSR count). The number of carbonyl (C=O) groups is 5. The fourth-order valence-electron chi connectivity index (χ4n) is 3.55. The predicted octanol–water partition coefficient (Wildman–Crippen LogP) is 1.90. The van der Waals surface area contributed by atoms with Crippen LogP contribution in [0, 0.1) is 0 Å². The summed E-state index contributed by atoms with van der Waals surface area (Å²) in [5.41, 5.74) is -0.592. The van der Waals surface area contributed by atoms with E-state index in [1.807, 2.05) is 0 Å². The summed E-state index contributed by atoms with van der Waals surface area (Å²) in [6, 6.07) is 7.31. The summed E-state index contributed by atoms with van der Waals surface area (Å²) < 4.78 is 10.3. The predicted molar refractivity (Wildman–Crippen MR) is 125 cm³/mol. The van der Waals surface area contributed by atoms with E-state index in [2.05, 4.69) is 10.6 Å². The normalized spacial score (nSPS) is 20.2. The molecule has 1 saturated heterocycles. The van der Waals surface area contributed by atoms with E-state index >= 15 is 0 Å². The van der Waals surface area contributed by atoms with Crippen LogP contribution in [0.25, 0.3) is 0 Å². The molecule has 35 heavy (non-hydrogen) atoms. The van der Waals surface area contributed by atoms with Crippen LogP contribution in [0.2, 0.25) is 0 Å². The lowest BCUT2D eigenvalue weighted by atomic mass is 10.0. The first-order chi connectivity index (χ1) is 16.4. The Hall–Kier alpha value is -3.54. The van der Waals surface area contributed by atoms with Crippen molar-refractivity contribution in [3.05, 3.63) is 47.2 Å². The summed E-state index contributed by atoms with van der Waals surface area (Å²) in [6.45, 7) is 5.80. The number of carboxylic acid groups (broad SMARTS) is 1. The van der Waals surface area contributed by atoms with Crippen LogP contribution in [0.3, 0.4) is 0 Å². The number of carboxylic acids is 1. The molecule has 0 radical (unpaired) electrons. The fraction of sp³-hybridized carbons (Fsp3) is 0.435. The zero-order valence-corrected chi connectivity index (χ0v) is 20.5. The minimum absolute atomic E-state index is 0.0550. The number of nitrogens with zero attached hydrogens (tertiary/aromatic N) is 1. The van der Waals surface area contributed by atoms with Crippen LogP contribution < -0.4 is 10.6 Å². The Bertz CT molecular complexity index is 1070. The van der Waals surface area contributed by atoms with Gasteiger partial charge in [-0.3, -0.25) is 19.3 Å². The van der Waals surface area contributed by atoms with Gasteiger partial charge in [-0.25, -0.2) is 9.59 Å². The van der Waals surface area contributed by atoms with Gasteiger partial charge in [0.05, 0.1) is 11.8 Å². The van der Waals surface area contributed by atoms with Gasteiger partial charge in [-0.1, -0.05) is 30.3 Å². The van der Waals surface area contributed by atoms with Gasteiger partial charge in [-0.05, 0) is 26.3 Å².